The third kappa shape index (κ3) is 2.37. The van der Waals surface area contributed by atoms with Crippen LogP contribution < -0.4 is 11.1 Å². The molecule has 108 valence electrons. The van der Waals surface area contributed by atoms with Gasteiger partial charge in [-0.05, 0) is 25.1 Å². The largest absolute Gasteiger partial charge is 0.396 e. The van der Waals surface area contributed by atoms with Crippen molar-refractivity contribution in [1.29, 1.82) is 0 Å². The molecule has 0 spiro atoms. The van der Waals surface area contributed by atoms with Crippen molar-refractivity contribution in [2.45, 2.75) is 17.9 Å². The normalized spacial score (nSPS) is 20.8. The van der Waals surface area contributed by atoms with Crippen molar-refractivity contribution in [3.63, 3.8) is 0 Å². The summed E-state index contributed by atoms with van der Waals surface area (Å²) in [4.78, 5) is 22.4. The molecule has 2 rings (SSSR count). The van der Waals surface area contributed by atoms with E-state index in [1.165, 1.54) is 6.92 Å². The summed E-state index contributed by atoms with van der Waals surface area (Å²) in [5.74, 6) is -2.33. The maximum absolute atomic E-state index is 13.4. The van der Waals surface area contributed by atoms with Crippen LogP contribution in [0, 0.1) is 5.82 Å². The summed E-state index contributed by atoms with van der Waals surface area (Å²) in [6, 6.07) is 1.93. The summed E-state index contributed by atoms with van der Waals surface area (Å²) in [5.41, 5.74) is 5.09. The van der Waals surface area contributed by atoms with Crippen LogP contribution in [0.2, 0.25) is 0 Å². The lowest BCUT2D eigenvalue weighted by Gasteiger charge is -2.30. The third-order valence-corrected chi connectivity index (χ3v) is 4.86. The molecule has 3 N–H and O–H groups in total. The fourth-order valence-corrected chi connectivity index (χ4v) is 3.35. The van der Waals surface area contributed by atoms with E-state index in [0.29, 0.717) is 0 Å². The van der Waals surface area contributed by atoms with Crippen molar-refractivity contribution < 1.29 is 22.4 Å². The van der Waals surface area contributed by atoms with Gasteiger partial charge in [0.25, 0.3) is 0 Å². The second-order valence-electron chi connectivity index (χ2n) is 4.32. The highest BCUT2D eigenvalue weighted by atomic mass is 32.2. The van der Waals surface area contributed by atoms with Gasteiger partial charge in [-0.2, -0.15) is 4.31 Å². The molecule has 9 heteroatoms. The maximum atomic E-state index is 13.4. The number of anilines is 1. The zero-order chi connectivity index (χ0) is 15.1. The highest BCUT2D eigenvalue weighted by Gasteiger charge is 2.39. The van der Waals surface area contributed by atoms with Crippen molar-refractivity contribution in [3.05, 3.63) is 24.0 Å². The van der Waals surface area contributed by atoms with Crippen LogP contribution in [0.5, 0.6) is 0 Å². The van der Waals surface area contributed by atoms with Crippen LogP contribution in [0.25, 0.3) is 0 Å². The van der Waals surface area contributed by atoms with E-state index >= 15 is 0 Å². The number of nitrogen functional groups attached to an aromatic ring is 1. The van der Waals surface area contributed by atoms with E-state index in [-0.39, 0.29) is 10.6 Å². The van der Waals surface area contributed by atoms with Gasteiger partial charge in [-0.25, -0.2) is 12.8 Å². The predicted octanol–water partition coefficient (Wildman–Crippen LogP) is -0.557. The minimum Gasteiger partial charge on any atom is -0.396 e. The maximum Gasteiger partial charge on any atom is 0.244 e. The summed E-state index contributed by atoms with van der Waals surface area (Å²) in [6.45, 7) is 0.841. The zero-order valence-corrected chi connectivity index (χ0v) is 11.3. The van der Waals surface area contributed by atoms with Gasteiger partial charge in [0.2, 0.25) is 21.8 Å². The zero-order valence-electron chi connectivity index (χ0n) is 10.5. The Labute approximate surface area is 114 Å². The Morgan fingerprint density at radius 2 is 2.05 bits per heavy atom. The first-order valence-corrected chi connectivity index (χ1v) is 7.08. The molecule has 0 aromatic heterocycles. The molecule has 1 heterocycles. The van der Waals surface area contributed by atoms with Crippen LogP contribution in [0.1, 0.15) is 6.92 Å². The van der Waals surface area contributed by atoms with Crippen molar-refractivity contribution in [3.8, 4) is 0 Å². The molecule has 2 amide bonds. The number of nitrogens with two attached hydrogens (primary N) is 1. The number of amides is 2. The number of sulfonamides is 1. The molecule has 0 aliphatic carbocycles. The first kappa shape index (κ1) is 14.4. The average molecular weight is 301 g/mol. The van der Waals surface area contributed by atoms with E-state index in [2.05, 4.69) is 0 Å². The number of hydrogen-bond donors (Lipinski definition) is 2. The van der Waals surface area contributed by atoms with E-state index < -0.39 is 40.2 Å². The smallest absolute Gasteiger partial charge is 0.244 e. The van der Waals surface area contributed by atoms with Crippen molar-refractivity contribution in [1.82, 2.24) is 9.62 Å². The number of carbonyl (C=O) groups is 2. The summed E-state index contributed by atoms with van der Waals surface area (Å²) in [5, 5.41) is 2.03. The fraction of sp³-hybridized carbons (Fsp3) is 0.273. The summed E-state index contributed by atoms with van der Waals surface area (Å²) in [7, 11) is -4.16. The first-order valence-electron chi connectivity index (χ1n) is 5.64. The highest BCUT2D eigenvalue weighted by Crippen LogP contribution is 2.22. The topological polar surface area (TPSA) is 110 Å². The molecule has 1 atom stereocenters. The van der Waals surface area contributed by atoms with E-state index in [1.54, 1.807) is 0 Å². The van der Waals surface area contributed by atoms with E-state index in [1.807, 2.05) is 5.32 Å². The Balaban J connectivity index is 2.45. The standard InChI is InChI=1S/C11H12FN3O4S/c1-6-11(17)14-10(16)5-15(6)20(18,19)7-2-3-9(13)8(12)4-7/h2-4,6H,5,13H2,1H3,(H,14,16,17). The number of hydrogen-bond acceptors (Lipinski definition) is 5. The average Bonchev–Trinajstić information content (AvgIpc) is 2.36. The molecule has 1 unspecified atom stereocenters. The lowest BCUT2D eigenvalue weighted by Crippen LogP contribution is -2.58. The molecular formula is C11H12FN3O4S. The minimum atomic E-state index is -4.16. The fourth-order valence-electron chi connectivity index (χ4n) is 1.79. The summed E-state index contributed by atoms with van der Waals surface area (Å²) >= 11 is 0. The number of carbonyl (C=O) groups excluding carboxylic acids is 2. The van der Waals surface area contributed by atoms with Crippen molar-refractivity contribution >= 4 is 27.5 Å². The van der Waals surface area contributed by atoms with E-state index in [9.17, 15) is 22.4 Å². The molecule has 1 aliphatic rings. The van der Waals surface area contributed by atoms with Gasteiger partial charge in [-0.1, -0.05) is 0 Å². The molecule has 0 saturated carbocycles. The molecule has 20 heavy (non-hydrogen) atoms. The Morgan fingerprint density at radius 3 is 2.65 bits per heavy atom. The van der Waals surface area contributed by atoms with Crippen LogP contribution in [-0.4, -0.2) is 37.1 Å². The van der Waals surface area contributed by atoms with Crippen LogP contribution in [0.4, 0.5) is 10.1 Å². The van der Waals surface area contributed by atoms with Gasteiger partial charge in [-0.15, -0.1) is 0 Å². The van der Waals surface area contributed by atoms with Gasteiger partial charge in [-0.3, -0.25) is 14.9 Å². The summed E-state index contributed by atoms with van der Waals surface area (Å²) < 4.78 is 38.8. The molecule has 1 fully saturated rings. The number of imide groups is 1. The number of rotatable bonds is 2. The third-order valence-electron chi connectivity index (χ3n) is 2.95. The lowest BCUT2D eigenvalue weighted by atomic mass is 10.2. The lowest BCUT2D eigenvalue weighted by molar-refractivity contribution is -0.136. The van der Waals surface area contributed by atoms with Crippen molar-refractivity contribution in [2.75, 3.05) is 12.3 Å². The van der Waals surface area contributed by atoms with Gasteiger partial charge in [0.05, 0.1) is 17.1 Å². The predicted molar refractivity (Wildman–Crippen MR) is 67.3 cm³/mol. The molecule has 1 aromatic rings. The SMILES string of the molecule is CC1C(=O)NC(=O)CN1S(=O)(=O)c1ccc(N)c(F)c1. The summed E-state index contributed by atoms with van der Waals surface area (Å²) in [6.07, 6.45) is 0. The van der Waals surface area contributed by atoms with Crippen molar-refractivity contribution in [2.24, 2.45) is 0 Å². The number of halogens is 1. The second-order valence-corrected chi connectivity index (χ2v) is 6.21. The number of nitrogens with one attached hydrogen (secondary N) is 1. The Hall–Kier alpha value is -2.00. The molecule has 0 radical (unpaired) electrons. The van der Waals surface area contributed by atoms with Crippen LogP contribution in [0.15, 0.2) is 23.1 Å². The molecule has 7 nitrogen and oxygen atoms in total. The van der Waals surface area contributed by atoms with Crippen LogP contribution >= 0.6 is 0 Å². The van der Waals surface area contributed by atoms with Gasteiger partial charge in [0.15, 0.2) is 0 Å². The highest BCUT2D eigenvalue weighted by molar-refractivity contribution is 7.89. The van der Waals surface area contributed by atoms with Gasteiger partial charge < -0.3 is 5.73 Å². The molecule has 1 aromatic carbocycles. The van der Waals surface area contributed by atoms with Crippen LogP contribution in [-0.2, 0) is 19.6 Å². The monoisotopic (exact) mass is 301 g/mol. The molecule has 1 aliphatic heterocycles. The van der Waals surface area contributed by atoms with E-state index in [4.69, 9.17) is 5.73 Å². The van der Waals surface area contributed by atoms with Crippen LogP contribution in [0.3, 0.4) is 0 Å². The minimum absolute atomic E-state index is 0.190. The molecule has 1 saturated heterocycles. The first-order chi connectivity index (χ1) is 9.23. The quantitative estimate of drug-likeness (QED) is 0.562. The van der Waals surface area contributed by atoms with Gasteiger partial charge >= 0.3 is 0 Å². The number of benzene rings is 1. The van der Waals surface area contributed by atoms with Gasteiger partial charge in [0, 0.05) is 0 Å². The molecule has 0 bridgehead atoms. The Kier molecular flexibility index (Phi) is 3.48. The Morgan fingerprint density at radius 1 is 1.40 bits per heavy atom. The number of nitrogens with zero attached hydrogens (tertiary/aromatic N) is 1. The Bertz CT molecular complexity index is 689. The van der Waals surface area contributed by atoms with E-state index in [0.717, 1.165) is 22.5 Å². The number of piperazine rings is 1. The molecular weight excluding hydrogens is 289 g/mol. The second kappa shape index (κ2) is 4.84. The van der Waals surface area contributed by atoms with Gasteiger partial charge in [0.1, 0.15) is 11.9 Å².